The Bertz CT molecular complexity index is 1070. The average Bonchev–Trinajstić information content (AvgIpc) is 2.70. The topological polar surface area (TPSA) is 122 Å². The van der Waals surface area contributed by atoms with Crippen molar-refractivity contribution in [3.05, 3.63) is 84.2 Å². The third-order valence-corrected chi connectivity index (χ3v) is 5.03. The lowest BCUT2D eigenvalue weighted by Gasteiger charge is -2.08. The number of rotatable bonds is 3. The van der Waals surface area contributed by atoms with Crippen LogP contribution in [0.25, 0.3) is 0 Å². The molecule has 0 atom stereocenters. The van der Waals surface area contributed by atoms with Crippen LogP contribution < -0.4 is 10.5 Å². The second kappa shape index (κ2) is 10.1. The van der Waals surface area contributed by atoms with Crippen molar-refractivity contribution in [3.8, 4) is 23.3 Å². The summed E-state index contributed by atoms with van der Waals surface area (Å²) in [6.45, 7) is 0. The van der Waals surface area contributed by atoms with Crippen molar-refractivity contribution in [2.24, 2.45) is 0 Å². The highest BCUT2D eigenvalue weighted by atomic mass is 79.9. The zero-order valence-corrected chi connectivity index (χ0v) is 18.4. The number of nitrogens with zero attached hydrogens (tertiary/aromatic N) is 2. The molecule has 148 valence electrons. The molecule has 0 radical (unpaired) electrons. The third kappa shape index (κ3) is 5.84. The Hall–Kier alpha value is -2.80. The average molecular weight is 542 g/mol. The Balaban J connectivity index is 0.000000234. The minimum Gasteiger partial charge on any atom is -0.506 e. The number of nitro groups is 1. The number of hydrogen-bond donors (Lipinski definition) is 2. The number of nitrogen functional groups attached to an aromatic ring is 1. The number of aromatic hydroxyl groups is 1. The molecule has 0 aromatic heterocycles. The highest BCUT2D eigenvalue weighted by molar-refractivity contribution is 9.11. The molecule has 0 heterocycles. The predicted molar refractivity (Wildman–Crippen MR) is 117 cm³/mol. The van der Waals surface area contributed by atoms with E-state index in [0.717, 1.165) is 0 Å². The van der Waals surface area contributed by atoms with Crippen LogP contribution >= 0.6 is 43.5 Å². The largest absolute Gasteiger partial charge is 0.506 e. The standard InChI is InChI=1S/C12H9ClN2O3.C7H3Br2NO/c13-11-10(18-8-4-2-1-3-5-8)7-6-9(12(11)14)15(16)17;8-5-1-4(3-10)2-6(9)7(5)11/h1-7H,14H2;1-2,11H. The molecular weight excluding hydrogens is 529 g/mol. The first-order valence-corrected chi connectivity index (χ1v) is 9.74. The van der Waals surface area contributed by atoms with E-state index in [0.29, 0.717) is 20.3 Å². The van der Waals surface area contributed by atoms with Crippen LogP contribution in [0.1, 0.15) is 5.56 Å². The van der Waals surface area contributed by atoms with E-state index < -0.39 is 4.92 Å². The fourth-order valence-electron chi connectivity index (χ4n) is 2.05. The molecule has 3 rings (SSSR count). The first-order valence-electron chi connectivity index (χ1n) is 7.78. The summed E-state index contributed by atoms with van der Waals surface area (Å²) in [6, 6.07) is 16.7. The number of halogens is 3. The molecule has 3 N–H and O–H groups in total. The van der Waals surface area contributed by atoms with Gasteiger partial charge in [0.25, 0.3) is 5.69 Å². The SMILES string of the molecule is N#Cc1cc(Br)c(O)c(Br)c1.Nc1c([N+](=O)[O-])ccc(Oc2ccccc2)c1Cl. The maximum Gasteiger partial charge on any atom is 0.293 e. The van der Waals surface area contributed by atoms with E-state index in [1.807, 2.05) is 12.1 Å². The van der Waals surface area contributed by atoms with Crippen LogP contribution in [0.5, 0.6) is 17.2 Å². The second-order valence-electron chi connectivity index (χ2n) is 5.38. The van der Waals surface area contributed by atoms with E-state index in [1.54, 1.807) is 36.4 Å². The molecule has 3 aromatic rings. The highest BCUT2D eigenvalue weighted by Gasteiger charge is 2.18. The lowest BCUT2D eigenvalue weighted by molar-refractivity contribution is -0.383. The van der Waals surface area contributed by atoms with Gasteiger partial charge in [-0.2, -0.15) is 5.26 Å². The molecule has 29 heavy (non-hydrogen) atoms. The van der Waals surface area contributed by atoms with Crippen LogP contribution in [0.2, 0.25) is 5.02 Å². The van der Waals surface area contributed by atoms with Gasteiger partial charge in [-0.25, -0.2) is 0 Å². The Labute approximate surface area is 187 Å². The summed E-state index contributed by atoms with van der Waals surface area (Å²) in [5.41, 5.74) is 5.75. The van der Waals surface area contributed by atoms with Crippen molar-refractivity contribution < 1.29 is 14.8 Å². The summed E-state index contributed by atoms with van der Waals surface area (Å²) in [6.07, 6.45) is 0. The summed E-state index contributed by atoms with van der Waals surface area (Å²) in [7, 11) is 0. The third-order valence-electron chi connectivity index (χ3n) is 3.44. The van der Waals surface area contributed by atoms with Crippen LogP contribution in [-0.2, 0) is 0 Å². The summed E-state index contributed by atoms with van der Waals surface area (Å²) >= 11 is 12.2. The number of benzene rings is 3. The molecule has 0 fully saturated rings. The molecule has 0 saturated heterocycles. The van der Waals surface area contributed by atoms with E-state index in [-0.39, 0.29) is 27.9 Å². The lowest BCUT2D eigenvalue weighted by atomic mass is 10.2. The first-order chi connectivity index (χ1) is 13.7. The molecule has 0 bridgehead atoms. The molecule has 0 amide bonds. The van der Waals surface area contributed by atoms with E-state index in [4.69, 9.17) is 27.3 Å². The molecule has 0 spiro atoms. The van der Waals surface area contributed by atoms with Gasteiger partial charge >= 0.3 is 0 Å². The van der Waals surface area contributed by atoms with Gasteiger partial charge in [-0.15, -0.1) is 0 Å². The number of phenolic OH excluding ortho intramolecular Hbond substituents is 1. The number of nitro benzene ring substituents is 1. The van der Waals surface area contributed by atoms with Crippen molar-refractivity contribution in [3.63, 3.8) is 0 Å². The summed E-state index contributed by atoms with van der Waals surface area (Å²) in [4.78, 5) is 10.1. The van der Waals surface area contributed by atoms with Crippen molar-refractivity contribution in [1.82, 2.24) is 0 Å². The van der Waals surface area contributed by atoms with Gasteiger partial charge in [0.15, 0.2) is 0 Å². The number of ether oxygens (including phenoxy) is 1. The fourth-order valence-corrected chi connectivity index (χ4v) is 3.43. The van der Waals surface area contributed by atoms with Gasteiger partial charge in [0.05, 0.1) is 25.5 Å². The van der Waals surface area contributed by atoms with Crippen LogP contribution in [0, 0.1) is 21.4 Å². The molecule has 0 aliphatic rings. The van der Waals surface area contributed by atoms with Gasteiger partial charge in [-0.05, 0) is 62.2 Å². The van der Waals surface area contributed by atoms with Crippen LogP contribution in [0.4, 0.5) is 11.4 Å². The smallest absolute Gasteiger partial charge is 0.293 e. The number of hydrogen-bond acceptors (Lipinski definition) is 6. The van der Waals surface area contributed by atoms with Gasteiger partial charge in [0, 0.05) is 6.07 Å². The summed E-state index contributed by atoms with van der Waals surface area (Å²) in [5.74, 6) is 0.975. The molecule has 7 nitrogen and oxygen atoms in total. The summed E-state index contributed by atoms with van der Waals surface area (Å²) < 4.78 is 6.52. The molecule has 0 saturated carbocycles. The van der Waals surface area contributed by atoms with Gasteiger partial charge < -0.3 is 15.6 Å². The highest BCUT2D eigenvalue weighted by Crippen LogP contribution is 2.38. The fraction of sp³-hybridized carbons (Fsp3) is 0. The Morgan fingerprint density at radius 1 is 1.14 bits per heavy atom. The quantitative estimate of drug-likeness (QED) is 0.224. The zero-order valence-electron chi connectivity index (χ0n) is 14.5. The van der Waals surface area contributed by atoms with Crippen molar-refractivity contribution in [2.75, 3.05) is 5.73 Å². The van der Waals surface area contributed by atoms with E-state index >= 15 is 0 Å². The second-order valence-corrected chi connectivity index (χ2v) is 7.47. The normalized spacial score (nSPS) is 9.72. The molecule has 3 aromatic carbocycles. The maximum atomic E-state index is 10.7. The Kier molecular flexibility index (Phi) is 7.84. The van der Waals surface area contributed by atoms with Crippen LogP contribution in [0.3, 0.4) is 0 Å². The number of nitrogens with two attached hydrogens (primary N) is 1. The van der Waals surface area contributed by atoms with Gasteiger partial charge in [0.2, 0.25) is 0 Å². The van der Waals surface area contributed by atoms with E-state index in [2.05, 4.69) is 31.9 Å². The maximum absolute atomic E-state index is 10.7. The minimum absolute atomic E-state index is 0.0352. The van der Waals surface area contributed by atoms with Crippen molar-refractivity contribution in [2.45, 2.75) is 0 Å². The number of para-hydroxylation sites is 1. The minimum atomic E-state index is -0.590. The van der Waals surface area contributed by atoms with Gasteiger partial charge in [-0.1, -0.05) is 29.8 Å². The van der Waals surface area contributed by atoms with Crippen LogP contribution in [-0.4, -0.2) is 10.0 Å². The molecule has 10 heteroatoms. The van der Waals surface area contributed by atoms with E-state index in [9.17, 15) is 15.2 Å². The molecular formula is C19H12Br2ClN3O4. The van der Waals surface area contributed by atoms with Gasteiger partial charge in [-0.3, -0.25) is 10.1 Å². The predicted octanol–water partition coefficient (Wildman–Crippen LogP) is 6.41. The molecule has 0 unspecified atom stereocenters. The van der Waals surface area contributed by atoms with E-state index in [1.165, 1.54) is 12.1 Å². The number of phenols is 1. The zero-order chi connectivity index (χ0) is 21.6. The lowest BCUT2D eigenvalue weighted by Crippen LogP contribution is -1.97. The summed E-state index contributed by atoms with van der Waals surface area (Å²) in [5, 5.41) is 28.4. The Morgan fingerprint density at radius 2 is 1.72 bits per heavy atom. The number of anilines is 1. The van der Waals surface area contributed by atoms with Gasteiger partial charge in [0.1, 0.15) is 28.0 Å². The Morgan fingerprint density at radius 3 is 2.24 bits per heavy atom. The monoisotopic (exact) mass is 539 g/mol. The molecule has 0 aliphatic carbocycles. The first kappa shape index (κ1) is 22.5. The van der Waals surface area contributed by atoms with Crippen molar-refractivity contribution >= 4 is 54.8 Å². The van der Waals surface area contributed by atoms with Crippen molar-refractivity contribution in [1.29, 1.82) is 5.26 Å². The molecule has 0 aliphatic heterocycles. The van der Waals surface area contributed by atoms with Crippen LogP contribution in [0.15, 0.2) is 63.5 Å². The number of nitriles is 1.